The van der Waals surface area contributed by atoms with E-state index in [2.05, 4.69) is 29.0 Å². The SMILES string of the molecule is Cc1cc(-c2ccc3ncn(Cc4cc5cccnc5cc4F)c3n2)ccc1C(C)N. The summed E-state index contributed by atoms with van der Waals surface area (Å²) in [5.74, 6) is -0.286. The molecule has 0 aliphatic rings. The van der Waals surface area contributed by atoms with E-state index in [1.807, 2.05) is 47.9 Å². The fourth-order valence-electron chi connectivity index (χ4n) is 4.01. The standard InChI is InChI=1S/C25H22FN5/c1-15-10-18(5-6-20(15)16(2)27)22-7-8-23-25(30-22)31(14-29-23)13-19-11-17-4-3-9-28-24(17)12-21(19)26/h3-12,14,16H,13,27H2,1-2H3. The summed E-state index contributed by atoms with van der Waals surface area (Å²) in [6.45, 7) is 4.38. The summed E-state index contributed by atoms with van der Waals surface area (Å²) in [7, 11) is 0. The number of hydrogen-bond donors (Lipinski definition) is 1. The Morgan fingerprint density at radius 3 is 2.71 bits per heavy atom. The van der Waals surface area contributed by atoms with Crippen LogP contribution in [-0.2, 0) is 6.54 Å². The van der Waals surface area contributed by atoms with E-state index >= 15 is 0 Å². The smallest absolute Gasteiger partial charge is 0.160 e. The van der Waals surface area contributed by atoms with E-state index in [4.69, 9.17) is 10.7 Å². The lowest BCUT2D eigenvalue weighted by Gasteiger charge is -2.12. The van der Waals surface area contributed by atoms with Crippen LogP contribution in [0.1, 0.15) is 29.7 Å². The second-order valence-corrected chi connectivity index (χ2v) is 7.91. The molecule has 0 aliphatic carbocycles. The highest BCUT2D eigenvalue weighted by molar-refractivity contribution is 5.79. The minimum atomic E-state index is -0.286. The first-order valence-corrected chi connectivity index (χ1v) is 10.2. The van der Waals surface area contributed by atoms with Crippen molar-refractivity contribution in [1.82, 2.24) is 19.5 Å². The molecule has 5 nitrogen and oxygen atoms in total. The first-order chi connectivity index (χ1) is 15.0. The fourth-order valence-corrected chi connectivity index (χ4v) is 4.01. The molecule has 0 bridgehead atoms. The van der Waals surface area contributed by atoms with Crippen LogP contribution in [-0.4, -0.2) is 19.5 Å². The molecule has 5 aromatic rings. The van der Waals surface area contributed by atoms with Crippen molar-refractivity contribution >= 4 is 22.1 Å². The maximum Gasteiger partial charge on any atom is 0.160 e. The number of fused-ring (bicyclic) bond motifs is 2. The van der Waals surface area contributed by atoms with Crippen molar-refractivity contribution < 1.29 is 4.39 Å². The molecule has 31 heavy (non-hydrogen) atoms. The highest BCUT2D eigenvalue weighted by Crippen LogP contribution is 2.26. The second-order valence-electron chi connectivity index (χ2n) is 7.91. The molecule has 3 heterocycles. The zero-order valence-electron chi connectivity index (χ0n) is 17.4. The van der Waals surface area contributed by atoms with Crippen molar-refractivity contribution in [2.24, 2.45) is 5.73 Å². The van der Waals surface area contributed by atoms with Gasteiger partial charge >= 0.3 is 0 Å². The number of nitrogens with zero attached hydrogens (tertiary/aromatic N) is 4. The first kappa shape index (κ1) is 19.3. The number of halogens is 1. The van der Waals surface area contributed by atoms with Crippen LogP contribution in [0.4, 0.5) is 4.39 Å². The summed E-state index contributed by atoms with van der Waals surface area (Å²) in [6.07, 6.45) is 3.37. The topological polar surface area (TPSA) is 69.6 Å². The van der Waals surface area contributed by atoms with Gasteiger partial charge in [-0.15, -0.1) is 0 Å². The third-order valence-corrected chi connectivity index (χ3v) is 5.63. The number of pyridine rings is 2. The Labute approximate surface area is 179 Å². The molecule has 0 saturated carbocycles. The van der Waals surface area contributed by atoms with Crippen LogP contribution in [0.15, 0.2) is 67.1 Å². The van der Waals surface area contributed by atoms with Gasteiger partial charge in [-0.1, -0.05) is 18.2 Å². The van der Waals surface area contributed by atoms with Gasteiger partial charge in [0.05, 0.1) is 24.1 Å². The first-order valence-electron chi connectivity index (χ1n) is 10.2. The molecule has 3 aromatic heterocycles. The van der Waals surface area contributed by atoms with Crippen LogP contribution in [0.5, 0.6) is 0 Å². The number of nitrogens with two attached hydrogens (primary N) is 1. The van der Waals surface area contributed by atoms with Crippen molar-refractivity contribution in [3.8, 4) is 11.3 Å². The van der Waals surface area contributed by atoms with E-state index in [0.29, 0.717) is 17.6 Å². The van der Waals surface area contributed by atoms with E-state index < -0.39 is 0 Å². The van der Waals surface area contributed by atoms with E-state index in [-0.39, 0.29) is 11.9 Å². The fraction of sp³-hybridized carbons (Fsp3) is 0.160. The lowest BCUT2D eigenvalue weighted by atomic mass is 9.99. The second kappa shape index (κ2) is 7.56. The average molecular weight is 411 g/mol. The Hall–Kier alpha value is -3.64. The van der Waals surface area contributed by atoms with Crippen LogP contribution >= 0.6 is 0 Å². The van der Waals surface area contributed by atoms with Crippen molar-refractivity contribution in [1.29, 1.82) is 0 Å². The van der Waals surface area contributed by atoms with Crippen LogP contribution < -0.4 is 5.73 Å². The highest BCUT2D eigenvalue weighted by Gasteiger charge is 2.12. The van der Waals surface area contributed by atoms with Gasteiger partial charge in [-0.2, -0.15) is 0 Å². The summed E-state index contributed by atoms with van der Waals surface area (Å²) >= 11 is 0. The van der Waals surface area contributed by atoms with Gasteiger partial charge in [0.25, 0.3) is 0 Å². The van der Waals surface area contributed by atoms with E-state index in [0.717, 1.165) is 38.9 Å². The van der Waals surface area contributed by atoms with Crippen molar-refractivity contribution in [3.05, 3.63) is 89.6 Å². The predicted molar refractivity (Wildman–Crippen MR) is 121 cm³/mol. The number of aryl methyl sites for hydroxylation is 1. The van der Waals surface area contributed by atoms with Gasteiger partial charge < -0.3 is 10.3 Å². The number of hydrogen-bond acceptors (Lipinski definition) is 4. The third kappa shape index (κ3) is 3.55. The molecule has 2 aromatic carbocycles. The van der Waals surface area contributed by atoms with Crippen molar-refractivity contribution in [3.63, 3.8) is 0 Å². The molecule has 0 radical (unpaired) electrons. The Morgan fingerprint density at radius 1 is 1.03 bits per heavy atom. The quantitative estimate of drug-likeness (QED) is 0.443. The molecule has 2 N–H and O–H groups in total. The molecule has 0 spiro atoms. The zero-order chi connectivity index (χ0) is 21.5. The minimum absolute atomic E-state index is 0.0158. The van der Waals surface area contributed by atoms with Gasteiger partial charge in [0.1, 0.15) is 11.3 Å². The average Bonchev–Trinajstić information content (AvgIpc) is 3.16. The molecular weight excluding hydrogens is 389 g/mol. The maximum atomic E-state index is 14.7. The number of rotatable bonds is 4. The van der Waals surface area contributed by atoms with Crippen LogP contribution in [0, 0.1) is 12.7 Å². The number of imidazole rings is 1. The Kier molecular flexibility index (Phi) is 4.71. The van der Waals surface area contributed by atoms with E-state index in [1.54, 1.807) is 12.5 Å². The summed E-state index contributed by atoms with van der Waals surface area (Å²) in [5.41, 5.74) is 12.9. The normalized spacial score (nSPS) is 12.5. The molecule has 154 valence electrons. The maximum absolute atomic E-state index is 14.7. The van der Waals surface area contributed by atoms with Crippen LogP contribution in [0.2, 0.25) is 0 Å². The van der Waals surface area contributed by atoms with E-state index in [1.165, 1.54) is 6.07 Å². The summed E-state index contributed by atoms with van der Waals surface area (Å²) < 4.78 is 16.6. The van der Waals surface area contributed by atoms with Gasteiger partial charge in [0, 0.05) is 34.8 Å². The summed E-state index contributed by atoms with van der Waals surface area (Å²) in [5, 5.41) is 0.904. The van der Waals surface area contributed by atoms with Crippen LogP contribution in [0.3, 0.4) is 0 Å². The van der Waals surface area contributed by atoms with E-state index in [9.17, 15) is 4.39 Å². The summed E-state index contributed by atoms with van der Waals surface area (Å²) in [6, 6.07) is 17.2. The summed E-state index contributed by atoms with van der Waals surface area (Å²) in [4.78, 5) is 13.5. The molecule has 1 atom stereocenters. The molecule has 5 rings (SSSR count). The molecular formula is C25H22FN5. The Bertz CT molecular complexity index is 1420. The van der Waals surface area contributed by atoms with Gasteiger partial charge in [0.2, 0.25) is 0 Å². The molecule has 1 unspecified atom stereocenters. The molecule has 0 aliphatic heterocycles. The number of aromatic nitrogens is 4. The lowest BCUT2D eigenvalue weighted by molar-refractivity contribution is 0.603. The van der Waals surface area contributed by atoms with Gasteiger partial charge in [-0.3, -0.25) is 4.98 Å². The van der Waals surface area contributed by atoms with Crippen molar-refractivity contribution in [2.75, 3.05) is 0 Å². The zero-order valence-corrected chi connectivity index (χ0v) is 17.4. The monoisotopic (exact) mass is 411 g/mol. The lowest BCUT2D eigenvalue weighted by Crippen LogP contribution is -2.06. The van der Waals surface area contributed by atoms with Gasteiger partial charge in [-0.25, -0.2) is 14.4 Å². The highest BCUT2D eigenvalue weighted by atomic mass is 19.1. The molecule has 0 saturated heterocycles. The molecule has 0 fully saturated rings. The van der Waals surface area contributed by atoms with Crippen molar-refractivity contribution in [2.45, 2.75) is 26.4 Å². The molecule has 0 amide bonds. The Balaban J connectivity index is 1.54. The largest absolute Gasteiger partial charge is 0.324 e. The minimum Gasteiger partial charge on any atom is -0.324 e. The van der Waals surface area contributed by atoms with Gasteiger partial charge in [-0.05, 0) is 55.3 Å². The van der Waals surface area contributed by atoms with Crippen LogP contribution in [0.25, 0.3) is 33.3 Å². The number of benzene rings is 2. The molecule has 6 heteroatoms. The van der Waals surface area contributed by atoms with Gasteiger partial charge in [0.15, 0.2) is 5.65 Å². The predicted octanol–water partition coefficient (Wildman–Crippen LogP) is 5.16. The Morgan fingerprint density at radius 2 is 1.90 bits per heavy atom. The third-order valence-electron chi connectivity index (χ3n) is 5.63.